The molecule has 4 aliphatic carbocycles. The SMILES string of the molecule is CCc1ccc(/C=N\OCC(=O)NC23CC4CC(CC(C4)C2)C3)cc1. The number of carbonyl (C=O) groups is 1. The van der Waals surface area contributed by atoms with Crippen LogP contribution in [0.2, 0.25) is 0 Å². The summed E-state index contributed by atoms with van der Waals surface area (Å²) in [6, 6.07) is 8.20. The molecule has 0 saturated heterocycles. The first-order valence-corrected chi connectivity index (χ1v) is 9.69. The van der Waals surface area contributed by atoms with Gasteiger partial charge in [0.2, 0.25) is 0 Å². The summed E-state index contributed by atoms with van der Waals surface area (Å²) in [7, 11) is 0. The van der Waals surface area contributed by atoms with Gasteiger partial charge in [0, 0.05) is 5.54 Å². The maximum Gasteiger partial charge on any atom is 0.261 e. The van der Waals surface area contributed by atoms with Crippen molar-refractivity contribution in [3.05, 3.63) is 35.4 Å². The second-order valence-electron chi connectivity index (χ2n) is 8.35. The molecule has 0 heterocycles. The highest BCUT2D eigenvalue weighted by Gasteiger charge is 2.51. The predicted octanol–water partition coefficient (Wildman–Crippen LogP) is 3.68. The number of carbonyl (C=O) groups excluding carboxylic acids is 1. The lowest BCUT2D eigenvalue weighted by atomic mass is 9.53. The highest BCUT2D eigenvalue weighted by molar-refractivity contribution is 5.80. The Balaban J connectivity index is 1.26. The van der Waals surface area contributed by atoms with Crippen molar-refractivity contribution in [1.29, 1.82) is 0 Å². The summed E-state index contributed by atoms with van der Waals surface area (Å²) in [5, 5.41) is 7.25. The van der Waals surface area contributed by atoms with Crippen LogP contribution in [0.5, 0.6) is 0 Å². The van der Waals surface area contributed by atoms with E-state index in [0.717, 1.165) is 29.7 Å². The van der Waals surface area contributed by atoms with Gasteiger partial charge < -0.3 is 10.2 Å². The second kappa shape index (κ2) is 6.81. The first kappa shape index (κ1) is 16.6. The van der Waals surface area contributed by atoms with Crippen LogP contribution in [0.25, 0.3) is 0 Å². The number of benzene rings is 1. The van der Waals surface area contributed by atoms with Gasteiger partial charge in [-0.15, -0.1) is 0 Å². The first-order valence-electron chi connectivity index (χ1n) is 9.69. The van der Waals surface area contributed by atoms with Crippen molar-refractivity contribution >= 4 is 12.1 Å². The van der Waals surface area contributed by atoms with E-state index in [1.54, 1.807) is 6.21 Å². The zero-order chi connectivity index (χ0) is 17.3. The number of nitrogens with one attached hydrogen (secondary N) is 1. The number of hydrogen-bond acceptors (Lipinski definition) is 3. The van der Waals surface area contributed by atoms with Crippen molar-refractivity contribution in [3.8, 4) is 0 Å². The quantitative estimate of drug-likeness (QED) is 0.634. The van der Waals surface area contributed by atoms with Gasteiger partial charge >= 0.3 is 0 Å². The van der Waals surface area contributed by atoms with Gasteiger partial charge in [0.25, 0.3) is 5.91 Å². The van der Waals surface area contributed by atoms with Crippen molar-refractivity contribution in [2.45, 2.75) is 57.4 Å². The van der Waals surface area contributed by atoms with Gasteiger partial charge in [0.05, 0.1) is 6.21 Å². The molecule has 0 aromatic heterocycles. The predicted molar refractivity (Wildman–Crippen MR) is 98.4 cm³/mol. The maximum atomic E-state index is 12.3. The molecule has 4 fully saturated rings. The van der Waals surface area contributed by atoms with Gasteiger partial charge in [-0.1, -0.05) is 36.3 Å². The van der Waals surface area contributed by atoms with Crippen LogP contribution < -0.4 is 5.32 Å². The molecule has 0 aliphatic heterocycles. The van der Waals surface area contributed by atoms with Crippen LogP contribution in [-0.4, -0.2) is 24.3 Å². The number of aryl methyl sites for hydroxylation is 1. The second-order valence-corrected chi connectivity index (χ2v) is 8.35. The maximum absolute atomic E-state index is 12.3. The largest absolute Gasteiger partial charge is 0.386 e. The number of amides is 1. The van der Waals surface area contributed by atoms with Gasteiger partial charge in [-0.25, -0.2) is 0 Å². The van der Waals surface area contributed by atoms with Crippen molar-refractivity contribution in [1.82, 2.24) is 5.32 Å². The summed E-state index contributed by atoms with van der Waals surface area (Å²) in [5.41, 5.74) is 2.33. The lowest BCUT2D eigenvalue weighted by molar-refractivity contribution is -0.131. The van der Waals surface area contributed by atoms with Gasteiger partial charge in [-0.2, -0.15) is 0 Å². The molecule has 134 valence electrons. The van der Waals surface area contributed by atoms with Crippen molar-refractivity contribution in [2.24, 2.45) is 22.9 Å². The molecule has 0 atom stereocenters. The van der Waals surface area contributed by atoms with Crippen LogP contribution >= 0.6 is 0 Å². The summed E-state index contributed by atoms with van der Waals surface area (Å²) < 4.78 is 0. The first-order chi connectivity index (χ1) is 12.1. The Hall–Kier alpha value is -1.84. The average molecular weight is 340 g/mol. The van der Waals surface area contributed by atoms with Crippen molar-refractivity contribution in [2.75, 3.05) is 6.61 Å². The summed E-state index contributed by atoms with van der Waals surface area (Å²) in [6.45, 7) is 2.14. The molecule has 1 aromatic rings. The summed E-state index contributed by atoms with van der Waals surface area (Å²) in [4.78, 5) is 17.5. The van der Waals surface area contributed by atoms with E-state index in [2.05, 4.69) is 29.5 Å². The van der Waals surface area contributed by atoms with E-state index >= 15 is 0 Å². The minimum atomic E-state index is -0.0274. The molecule has 4 nitrogen and oxygen atoms in total. The van der Waals surface area contributed by atoms with Gasteiger partial charge in [-0.05, 0) is 73.8 Å². The molecule has 1 N–H and O–H groups in total. The molecule has 0 spiro atoms. The third-order valence-electron chi connectivity index (χ3n) is 6.30. The smallest absolute Gasteiger partial charge is 0.261 e. The summed E-state index contributed by atoms with van der Waals surface area (Å²) >= 11 is 0. The van der Waals surface area contributed by atoms with E-state index in [1.165, 1.54) is 44.1 Å². The Kier molecular flexibility index (Phi) is 4.53. The standard InChI is InChI=1S/C21H28N2O2/c1-2-15-3-5-16(6-4-15)13-22-25-14-20(24)23-21-10-17-7-18(11-21)9-19(8-17)12-21/h3-6,13,17-19H,2,7-12,14H2,1H3,(H,23,24)/b22-13-. The van der Waals surface area contributed by atoms with E-state index in [9.17, 15) is 4.79 Å². The van der Waals surface area contributed by atoms with Crippen molar-refractivity contribution in [3.63, 3.8) is 0 Å². The van der Waals surface area contributed by atoms with Crippen molar-refractivity contribution < 1.29 is 9.63 Å². The van der Waals surface area contributed by atoms with Crippen LogP contribution in [0, 0.1) is 17.8 Å². The number of rotatable bonds is 6. The van der Waals surface area contributed by atoms with E-state index in [0.29, 0.717) is 0 Å². The third-order valence-corrected chi connectivity index (χ3v) is 6.30. The molecule has 4 aliphatic rings. The molecule has 4 heteroatoms. The van der Waals surface area contributed by atoms with Crippen LogP contribution in [-0.2, 0) is 16.1 Å². The Morgan fingerprint density at radius 1 is 1.16 bits per heavy atom. The molecule has 4 bridgehead atoms. The molecule has 25 heavy (non-hydrogen) atoms. The average Bonchev–Trinajstić information content (AvgIpc) is 2.57. The summed E-state index contributed by atoms with van der Waals surface area (Å²) in [5.74, 6) is 2.46. The van der Waals surface area contributed by atoms with E-state index in [-0.39, 0.29) is 18.1 Å². The molecule has 1 amide bonds. The Morgan fingerprint density at radius 3 is 2.32 bits per heavy atom. The highest BCUT2D eigenvalue weighted by atomic mass is 16.6. The fourth-order valence-corrected chi connectivity index (χ4v) is 5.63. The van der Waals surface area contributed by atoms with Crippen LogP contribution in [0.4, 0.5) is 0 Å². The Bertz CT molecular complexity index is 615. The highest BCUT2D eigenvalue weighted by Crippen LogP contribution is 2.55. The topological polar surface area (TPSA) is 50.7 Å². The zero-order valence-corrected chi connectivity index (χ0v) is 15.0. The number of hydrogen-bond donors (Lipinski definition) is 1. The summed E-state index contributed by atoms with van der Waals surface area (Å²) in [6.07, 6.45) is 10.3. The van der Waals surface area contributed by atoms with Crippen LogP contribution in [0.1, 0.15) is 56.6 Å². The lowest BCUT2D eigenvalue weighted by Gasteiger charge is -2.56. The Morgan fingerprint density at radius 2 is 1.76 bits per heavy atom. The van der Waals surface area contributed by atoms with E-state index in [1.807, 2.05) is 12.1 Å². The minimum Gasteiger partial charge on any atom is -0.386 e. The normalized spacial score (nSPS) is 32.9. The molecule has 4 saturated carbocycles. The zero-order valence-electron chi connectivity index (χ0n) is 15.0. The van der Waals surface area contributed by atoms with Crippen LogP contribution in [0.3, 0.4) is 0 Å². The molecular formula is C21H28N2O2. The monoisotopic (exact) mass is 340 g/mol. The van der Waals surface area contributed by atoms with Gasteiger partial charge in [0.15, 0.2) is 6.61 Å². The van der Waals surface area contributed by atoms with Gasteiger partial charge in [-0.3, -0.25) is 4.79 Å². The lowest BCUT2D eigenvalue weighted by Crippen LogP contribution is -2.60. The molecule has 0 unspecified atom stereocenters. The fourth-order valence-electron chi connectivity index (χ4n) is 5.63. The molecule has 0 radical (unpaired) electrons. The number of nitrogens with zero attached hydrogens (tertiary/aromatic N) is 1. The Labute approximate surface area is 150 Å². The number of oxime groups is 1. The molecule has 1 aromatic carbocycles. The van der Waals surface area contributed by atoms with Gasteiger partial charge in [0.1, 0.15) is 0 Å². The van der Waals surface area contributed by atoms with Crippen LogP contribution in [0.15, 0.2) is 29.4 Å². The fraction of sp³-hybridized carbons (Fsp3) is 0.619. The molecular weight excluding hydrogens is 312 g/mol. The molecule has 5 rings (SSSR count). The van der Waals surface area contributed by atoms with E-state index < -0.39 is 0 Å². The van der Waals surface area contributed by atoms with E-state index in [4.69, 9.17) is 4.84 Å². The minimum absolute atomic E-state index is 0.00525. The third kappa shape index (κ3) is 3.73.